The number of phenols is 1. The maximum absolute atomic E-state index is 9.87. The Labute approximate surface area is 104 Å². The Morgan fingerprint density at radius 3 is 2.78 bits per heavy atom. The van der Waals surface area contributed by atoms with Gasteiger partial charge in [-0.1, -0.05) is 18.2 Å². The number of aromatic amines is 1. The topological polar surface area (TPSA) is 61.3 Å². The highest BCUT2D eigenvalue weighted by atomic mass is 16.3. The van der Waals surface area contributed by atoms with E-state index in [0.29, 0.717) is 5.56 Å². The molecule has 0 amide bonds. The molecule has 0 aliphatic rings. The van der Waals surface area contributed by atoms with E-state index in [1.54, 1.807) is 18.5 Å². The molecule has 2 N–H and O–H groups in total. The Bertz CT molecular complexity index is 701. The van der Waals surface area contributed by atoms with Crippen molar-refractivity contribution in [2.24, 2.45) is 4.99 Å². The van der Waals surface area contributed by atoms with Gasteiger partial charge in [0.05, 0.1) is 23.0 Å². The van der Waals surface area contributed by atoms with Gasteiger partial charge >= 0.3 is 0 Å². The van der Waals surface area contributed by atoms with Gasteiger partial charge in [-0.05, 0) is 24.3 Å². The number of aromatic hydroxyl groups is 1. The fourth-order valence-corrected chi connectivity index (χ4v) is 1.81. The Kier molecular flexibility index (Phi) is 2.53. The van der Waals surface area contributed by atoms with Gasteiger partial charge in [-0.2, -0.15) is 5.10 Å². The first-order valence-corrected chi connectivity index (χ1v) is 5.59. The summed E-state index contributed by atoms with van der Waals surface area (Å²) in [6.07, 6.45) is 3.36. The third kappa shape index (κ3) is 1.84. The summed E-state index contributed by atoms with van der Waals surface area (Å²) in [5.74, 6) is 0.187. The quantitative estimate of drug-likeness (QED) is 0.673. The van der Waals surface area contributed by atoms with Gasteiger partial charge in [0.15, 0.2) is 0 Å². The predicted octanol–water partition coefficient (Wildman–Crippen LogP) is 3.02. The summed E-state index contributed by atoms with van der Waals surface area (Å²) in [7, 11) is 0. The van der Waals surface area contributed by atoms with E-state index in [9.17, 15) is 5.11 Å². The number of aromatic nitrogens is 2. The molecule has 0 saturated carbocycles. The number of hydrogen-bond acceptors (Lipinski definition) is 3. The van der Waals surface area contributed by atoms with E-state index in [-0.39, 0.29) is 5.75 Å². The molecule has 0 bridgehead atoms. The van der Waals surface area contributed by atoms with Crippen molar-refractivity contribution in [3.05, 3.63) is 54.2 Å². The first-order chi connectivity index (χ1) is 8.84. The zero-order chi connectivity index (χ0) is 12.4. The number of rotatable bonds is 2. The van der Waals surface area contributed by atoms with Crippen LogP contribution in [0.5, 0.6) is 5.75 Å². The SMILES string of the molecule is Oc1ccc2cn[nH]c2c1C=Nc1ccccc1. The number of H-pyrrole nitrogens is 1. The zero-order valence-electron chi connectivity index (χ0n) is 9.54. The first kappa shape index (κ1) is 10.5. The average molecular weight is 237 g/mol. The predicted molar refractivity (Wildman–Crippen MR) is 71.5 cm³/mol. The van der Waals surface area contributed by atoms with Gasteiger partial charge < -0.3 is 5.11 Å². The Balaban J connectivity index is 2.07. The van der Waals surface area contributed by atoms with Crippen LogP contribution in [-0.4, -0.2) is 21.5 Å². The highest BCUT2D eigenvalue weighted by Crippen LogP contribution is 2.24. The molecule has 3 rings (SSSR count). The number of nitrogens with one attached hydrogen (secondary N) is 1. The standard InChI is InChI=1S/C14H11N3O/c18-13-7-6-10-8-16-17-14(10)12(13)9-15-11-4-2-1-3-5-11/h1-9,18H,(H,16,17). The van der Waals surface area contributed by atoms with Gasteiger partial charge in [-0.3, -0.25) is 10.1 Å². The summed E-state index contributed by atoms with van der Waals surface area (Å²) < 4.78 is 0. The van der Waals surface area contributed by atoms with Gasteiger partial charge in [0, 0.05) is 11.6 Å². The van der Waals surface area contributed by atoms with Crippen molar-refractivity contribution in [1.29, 1.82) is 0 Å². The normalized spacial score (nSPS) is 11.3. The van der Waals surface area contributed by atoms with Crippen molar-refractivity contribution in [3.63, 3.8) is 0 Å². The molecule has 0 spiro atoms. The lowest BCUT2D eigenvalue weighted by Crippen LogP contribution is -1.85. The molecule has 0 saturated heterocycles. The number of fused-ring (bicyclic) bond motifs is 1. The van der Waals surface area contributed by atoms with Gasteiger partial charge in [0.1, 0.15) is 5.75 Å². The van der Waals surface area contributed by atoms with Crippen LogP contribution in [0.1, 0.15) is 5.56 Å². The molecule has 0 unspecified atom stereocenters. The van der Waals surface area contributed by atoms with Crippen molar-refractivity contribution >= 4 is 22.8 Å². The average Bonchev–Trinajstić information content (AvgIpc) is 2.87. The largest absolute Gasteiger partial charge is 0.507 e. The van der Waals surface area contributed by atoms with Crippen molar-refractivity contribution in [3.8, 4) is 5.75 Å². The van der Waals surface area contributed by atoms with E-state index in [0.717, 1.165) is 16.6 Å². The number of aliphatic imine (C=N–C) groups is 1. The van der Waals surface area contributed by atoms with Crippen molar-refractivity contribution < 1.29 is 5.11 Å². The third-order valence-corrected chi connectivity index (χ3v) is 2.73. The third-order valence-electron chi connectivity index (χ3n) is 2.73. The molecular weight excluding hydrogens is 226 g/mol. The van der Waals surface area contributed by atoms with Crippen LogP contribution in [0, 0.1) is 0 Å². The second kappa shape index (κ2) is 4.33. The molecule has 4 heteroatoms. The van der Waals surface area contributed by atoms with E-state index in [2.05, 4.69) is 15.2 Å². The molecular formula is C14H11N3O. The van der Waals surface area contributed by atoms with Gasteiger partial charge in [0.2, 0.25) is 0 Å². The van der Waals surface area contributed by atoms with Crippen LogP contribution in [0.2, 0.25) is 0 Å². The second-order valence-corrected chi connectivity index (χ2v) is 3.93. The molecule has 0 atom stereocenters. The van der Waals surface area contributed by atoms with E-state index < -0.39 is 0 Å². The lowest BCUT2D eigenvalue weighted by Gasteiger charge is -2.00. The maximum Gasteiger partial charge on any atom is 0.126 e. The minimum Gasteiger partial charge on any atom is -0.507 e. The molecule has 88 valence electrons. The van der Waals surface area contributed by atoms with Crippen molar-refractivity contribution in [1.82, 2.24) is 10.2 Å². The minimum absolute atomic E-state index is 0.187. The van der Waals surface area contributed by atoms with Crippen LogP contribution >= 0.6 is 0 Å². The number of nitrogens with zero attached hydrogens (tertiary/aromatic N) is 2. The summed E-state index contributed by atoms with van der Waals surface area (Å²) >= 11 is 0. The highest BCUT2D eigenvalue weighted by molar-refractivity contribution is 6.00. The Morgan fingerprint density at radius 1 is 1.11 bits per heavy atom. The van der Waals surface area contributed by atoms with E-state index in [1.807, 2.05) is 36.4 Å². The van der Waals surface area contributed by atoms with Crippen LogP contribution < -0.4 is 0 Å². The smallest absolute Gasteiger partial charge is 0.126 e. The first-order valence-electron chi connectivity index (χ1n) is 5.59. The molecule has 0 aliphatic heterocycles. The Morgan fingerprint density at radius 2 is 1.94 bits per heavy atom. The summed E-state index contributed by atoms with van der Waals surface area (Å²) in [4.78, 5) is 4.33. The number of hydrogen-bond donors (Lipinski definition) is 2. The van der Waals surface area contributed by atoms with Gasteiger partial charge in [0.25, 0.3) is 0 Å². The fraction of sp³-hybridized carbons (Fsp3) is 0. The maximum atomic E-state index is 9.87. The summed E-state index contributed by atoms with van der Waals surface area (Å²) in [6.45, 7) is 0. The van der Waals surface area contributed by atoms with Crippen LogP contribution in [0.25, 0.3) is 10.9 Å². The van der Waals surface area contributed by atoms with E-state index in [1.165, 1.54) is 0 Å². The zero-order valence-corrected chi connectivity index (χ0v) is 9.54. The molecule has 0 radical (unpaired) electrons. The van der Waals surface area contributed by atoms with E-state index in [4.69, 9.17) is 0 Å². The van der Waals surface area contributed by atoms with Crippen LogP contribution in [-0.2, 0) is 0 Å². The molecule has 18 heavy (non-hydrogen) atoms. The highest BCUT2D eigenvalue weighted by Gasteiger charge is 2.06. The van der Waals surface area contributed by atoms with Gasteiger partial charge in [-0.25, -0.2) is 0 Å². The summed E-state index contributed by atoms with van der Waals surface area (Å²) in [5.41, 5.74) is 2.27. The second-order valence-electron chi connectivity index (χ2n) is 3.93. The Hall–Kier alpha value is -2.62. The van der Waals surface area contributed by atoms with Crippen molar-refractivity contribution in [2.75, 3.05) is 0 Å². The lowest BCUT2D eigenvalue weighted by atomic mass is 10.1. The van der Waals surface area contributed by atoms with Gasteiger partial charge in [-0.15, -0.1) is 0 Å². The number of para-hydroxylation sites is 1. The molecule has 0 aliphatic carbocycles. The monoisotopic (exact) mass is 237 g/mol. The molecule has 1 heterocycles. The molecule has 1 aromatic heterocycles. The summed E-state index contributed by atoms with van der Waals surface area (Å²) in [6, 6.07) is 13.0. The summed E-state index contributed by atoms with van der Waals surface area (Å²) in [5, 5.41) is 17.6. The molecule has 3 aromatic rings. The molecule has 2 aromatic carbocycles. The lowest BCUT2D eigenvalue weighted by molar-refractivity contribution is 0.475. The van der Waals surface area contributed by atoms with E-state index >= 15 is 0 Å². The fourth-order valence-electron chi connectivity index (χ4n) is 1.81. The minimum atomic E-state index is 0.187. The van der Waals surface area contributed by atoms with Crippen LogP contribution in [0.15, 0.2) is 53.7 Å². The van der Waals surface area contributed by atoms with Crippen molar-refractivity contribution in [2.45, 2.75) is 0 Å². The molecule has 4 nitrogen and oxygen atoms in total. The van der Waals surface area contributed by atoms with Crippen LogP contribution in [0.4, 0.5) is 5.69 Å². The molecule has 0 fully saturated rings. The van der Waals surface area contributed by atoms with Crippen LogP contribution in [0.3, 0.4) is 0 Å². The number of benzene rings is 2. The number of phenolic OH excluding ortho intramolecular Hbond substituents is 1.